The molecule has 4 rings (SSSR count). The Labute approximate surface area is 199 Å². The number of benzene rings is 2. The van der Waals surface area contributed by atoms with E-state index in [1.807, 2.05) is 36.4 Å². The molecule has 2 aromatic carbocycles. The molecule has 2 heterocycles. The van der Waals surface area contributed by atoms with E-state index in [4.69, 9.17) is 23.2 Å². The molecule has 0 aliphatic heterocycles. The lowest BCUT2D eigenvalue weighted by molar-refractivity contribution is -0.139. The van der Waals surface area contributed by atoms with Gasteiger partial charge in [0.1, 0.15) is 5.52 Å². The number of carboxylic acids is 1. The standard InChI is InChI=1S/C23H21Cl2N5O3/c24-17-9-8-14(11-18(17)25)12-26-23-28-19-13-27-30(20(19)21(31)29-23)10-4-7-16(22(32)33)15-5-2-1-3-6-15/h1-3,5-6,8-9,11,13,16H,4,7,10,12H2,(H,32,33)(H2,26,28,29,31). The first-order valence-electron chi connectivity index (χ1n) is 10.3. The van der Waals surface area contributed by atoms with Crippen LogP contribution in [-0.2, 0) is 17.9 Å². The fourth-order valence-corrected chi connectivity index (χ4v) is 3.98. The highest BCUT2D eigenvalue weighted by atomic mass is 35.5. The van der Waals surface area contributed by atoms with Gasteiger partial charge in [-0.1, -0.05) is 59.6 Å². The van der Waals surface area contributed by atoms with Crippen LogP contribution in [0.25, 0.3) is 11.0 Å². The number of aliphatic carboxylic acids is 1. The van der Waals surface area contributed by atoms with E-state index in [1.54, 1.807) is 16.8 Å². The van der Waals surface area contributed by atoms with Crippen molar-refractivity contribution in [3.63, 3.8) is 0 Å². The van der Waals surface area contributed by atoms with E-state index in [9.17, 15) is 14.7 Å². The average Bonchev–Trinajstić information content (AvgIpc) is 3.21. The molecule has 3 N–H and O–H groups in total. The zero-order valence-electron chi connectivity index (χ0n) is 17.5. The zero-order chi connectivity index (χ0) is 23.4. The molecule has 0 amide bonds. The summed E-state index contributed by atoms with van der Waals surface area (Å²) >= 11 is 12.0. The maximum Gasteiger partial charge on any atom is 0.310 e. The Kier molecular flexibility index (Phi) is 6.96. The minimum Gasteiger partial charge on any atom is -0.481 e. The molecule has 0 bridgehead atoms. The number of fused-ring (bicyclic) bond motifs is 1. The van der Waals surface area contributed by atoms with Crippen LogP contribution in [0.5, 0.6) is 0 Å². The fraction of sp³-hybridized carbons (Fsp3) is 0.217. The number of nitrogens with one attached hydrogen (secondary N) is 2. The summed E-state index contributed by atoms with van der Waals surface area (Å²) in [4.78, 5) is 31.5. The minimum absolute atomic E-state index is 0.313. The fourth-order valence-electron chi connectivity index (χ4n) is 3.66. The molecule has 10 heteroatoms. The van der Waals surface area contributed by atoms with Crippen molar-refractivity contribution in [2.75, 3.05) is 5.32 Å². The lowest BCUT2D eigenvalue weighted by Gasteiger charge is -2.12. The quantitative estimate of drug-likeness (QED) is 0.317. The molecule has 33 heavy (non-hydrogen) atoms. The smallest absolute Gasteiger partial charge is 0.310 e. The van der Waals surface area contributed by atoms with Crippen LogP contribution in [0.3, 0.4) is 0 Å². The van der Waals surface area contributed by atoms with Gasteiger partial charge in [-0.3, -0.25) is 19.3 Å². The normalized spacial score (nSPS) is 12.1. The Hall–Kier alpha value is -3.36. The monoisotopic (exact) mass is 485 g/mol. The van der Waals surface area contributed by atoms with Gasteiger partial charge in [0, 0.05) is 13.1 Å². The highest BCUT2D eigenvalue weighted by molar-refractivity contribution is 6.42. The lowest BCUT2D eigenvalue weighted by Crippen LogP contribution is -2.17. The highest BCUT2D eigenvalue weighted by Gasteiger charge is 2.19. The molecule has 170 valence electrons. The van der Waals surface area contributed by atoms with Gasteiger partial charge in [-0.25, -0.2) is 4.98 Å². The molecule has 0 saturated heterocycles. The van der Waals surface area contributed by atoms with Crippen LogP contribution in [0.2, 0.25) is 10.0 Å². The number of halogens is 2. The molecule has 2 aromatic heterocycles. The molecular formula is C23H21Cl2N5O3. The summed E-state index contributed by atoms with van der Waals surface area (Å²) in [6.45, 7) is 0.802. The summed E-state index contributed by atoms with van der Waals surface area (Å²) in [6, 6.07) is 14.4. The van der Waals surface area contributed by atoms with Crippen molar-refractivity contribution in [2.45, 2.75) is 31.8 Å². The molecule has 4 aromatic rings. The number of rotatable bonds is 9. The van der Waals surface area contributed by atoms with Crippen LogP contribution >= 0.6 is 23.2 Å². The molecule has 1 atom stereocenters. The predicted octanol–water partition coefficient (Wildman–Crippen LogP) is 4.69. The van der Waals surface area contributed by atoms with Crippen molar-refractivity contribution in [3.05, 3.63) is 86.3 Å². The van der Waals surface area contributed by atoms with Crippen LogP contribution in [0.1, 0.15) is 29.9 Å². The third kappa shape index (κ3) is 5.35. The van der Waals surface area contributed by atoms with E-state index in [0.29, 0.717) is 53.0 Å². The number of anilines is 1. The van der Waals surface area contributed by atoms with Crippen LogP contribution in [-0.4, -0.2) is 30.8 Å². The van der Waals surface area contributed by atoms with Gasteiger partial charge in [0.2, 0.25) is 5.95 Å². The van der Waals surface area contributed by atoms with Gasteiger partial charge in [-0.05, 0) is 36.1 Å². The van der Waals surface area contributed by atoms with Crippen LogP contribution in [0.15, 0.2) is 59.5 Å². The molecule has 0 aliphatic rings. The minimum atomic E-state index is -0.872. The highest BCUT2D eigenvalue weighted by Crippen LogP contribution is 2.24. The van der Waals surface area contributed by atoms with Crippen molar-refractivity contribution in [2.24, 2.45) is 0 Å². The second-order valence-electron chi connectivity index (χ2n) is 7.56. The Balaban J connectivity index is 1.44. The molecule has 1 unspecified atom stereocenters. The Bertz CT molecular complexity index is 1340. The first-order chi connectivity index (χ1) is 15.9. The third-order valence-electron chi connectivity index (χ3n) is 5.31. The number of carbonyl (C=O) groups is 1. The van der Waals surface area contributed by atoms with Crippen molar-refractivity contribution in [3.8, 4) is 0 Å². The number of aromatic nitrogens is 4. The van der Waals surface area contributed by atoms with E-state index in [0.717, 1.165) is 11.1 Å². The largest absolute Gasteiger partial charge is 0.481 e. The summed E-state index contributed by atoms with van der Waals surface area (Å²) in [5.74, 6) is -1.17. The van der Waals surface area contributed by atoms with E-state index in [1.165, 1.54) is 6.20 Å². The zero-order valence-corrected chi connectivity index (χ0v) is 19.0. The molecule has 0 radical (unpaired) electrons. The first kappa shape index (κ1) is 22.8. The second-order valence-corrected chi connectivity index (χ2v) is 8.38. The average molecular weight is 486 g/mol. The van der Waals surface area contributed by atoms with E-state index in [2.05, 4.69) is 20.4 Å². The SMILES string of the molecule is O=C(O)C(CCCn1ncc2nc(NCc3ccc(Cl)c(Cl)c3)[nH]c(=O)c21)c1ccccc1. The summed E-state index contributed by atoms with van der Waals surface area (Å²) in [5.41, 5.74) is 2.11. The second kappa shape index (κ2) is 10.1. The maximum atomic E-state index is 12.7. The van der Waals surface area contributed by atoms with Crippen LogP contribution in [0.4, 0.5) is 5.95 Å². The van der Waals surface area contributed by atoms with Gasteiger partial charge in [-0.2, -0.15) is 5.10 Å². The van der Waals surface area contributed by atoms with Gasteiger partial charge in [-0.15, -0.1) is 0 Å². The third-order valence-corrected chi connectivity index (χ3v) is 6.05. The summed E-state index contributed by atoms with van der Waals surface area (Å²) < 4.78 is 1.56. The van der Waals surface area contributed by atoms with Gasteiger partial charge in [0.05, 0.1) is 22.2 Å². The number of H-pyrrole nitrogens is 1. The molecule has 8 nitrogen and oxygen atoms in total. The topological polar surface area (TPSA) is 113 Å². The predicted molar refractivity (Wildman–Crippen MR) is 128 cm³/mol. The summed E-state index contributed by atoms with van der Waals surface area (Å²) in [7, 11) is 0. The van der Waals surface area contributed by atoms with Crippen LogP contribution < -0.4 is 10.9 Å². The number of carboxylic acid groups (broad SMARTS) is 1. The maximum absolute atomic E-state index is 12.7. The van der Waals surface area contributed by atoms with E-state index >= 15 is 0 Å². The lowest BCUT2D eigenvalue weighted by atomic mass is 9.94. The Morgan fingerprint density at radius 1 is 1.15 bits per heavy atom. The molecular weight excluding hydrogens is 465 g/mol. The van der Waals surface area contributed by atoms with Crippen molar-refractivity contribution < 1.29 is 9.90 Å². The molecule has 0 fully saturated rings. The van der Waals surface area contributed by atoms with E-state index < -0.39 is 11.9 Å². The number of nitrogens with zero attached hydrogens (tertiary/aromatic N) is 3. The molecule has 0 spiro atoms. The van der Waals surface area contributed by atoms with Crippen molar-refractivity contribution in [1.82, 2.24) is 19.7 Å². The van der Waals surface area contributed by atoms with Gasteiger partial charge < -0.3 is 10.4 Å². The first-order valence-corrected chi connectivity index (χ1v) is 11.1. The summed E-state index contributed by atoms with van der Waals surface area (Å²) in [5, 5.41) is 17.9. The van der Waals surface area contributed by atoms with E-state index in [-0.39, 0.29) is 5.56 Å². The number of aromatic amines is 1. The summed E-state index contributed by atoms with van der Waals surface area (Å²) in [6.07, 6.45) is 2.50. The van der Waals surface area contributed by atoms with Gasteiger partial charge in [0.15, 0.2) is 5.52 Å². The van der Waals surface area contributed by atoms with Crippen molar-refractivity contribution in [1.29, 1.82) is 0 Å². The van der Waals surface area contributed by atoms with Gasteiger partial charge in [0.25, 0.3) is 5.56 Å². The van der Waals surface area contributed by atoms with Crippen LogP contribution in [0, 0.1) is 0 Å². The van der Waals surface area contributed by atoms with Gasteiger partial charge >= 0.3 is 5.97 Å². The van der Waals surface area contributed by atoms with Crippen molar-refractivity contribution >= 4 is 46.2 Å². The number of hydrogen-bond acceptors (Lipinski definition) is 5. The number of aryl methyl sites for hydroxylation is 1. The number of hydrogen-bond donors (Lipinski definition) is 3. The Morgan fingerprint density at radius 3 is 2.67 bits per heavy atom. The molecule has 0 saturated carbocycles. The molecule has 0 aliphatic carbocycles. The Morgan fingerprint density at radius 2 is 1.94 bits per heavy atom.